The number of aliphatic hydroxyl groups is 1. The molecule has 0 radical (unpaired) electrons. The maximum absolute atomic E-state index is 12.7. The Labute approximate surface area is 115 Å². The van der Waals surface area contributed by atoms with Gasteiger partial charge < -0.3 is 10.0 Å². The second kappa shape index (κ2) is 9.31. The lowest BCUT2D eigenvalue weighted by Gasteiger charge is -2.19. The Bertz CT molecular complexity index is 314. The summed E-state index contributed by atoms with van der Waals surface area (Å²) in [6.07, 6.45) is 1.20. The lowest BCUT2D eigenvalue weighted by molar-refractivity contribution is 0.156. The summed E-state index contributed by atoms with van der Waals surface area (Å²) in [6, 6.07) is 6.08. The average Bonchev–Trinajstić information content (AvgIpc) is 2.35. The molecule has 1 unspecified atom stereocenters. The van der Waals surface area contributed by atoms with Crippen molar-refractivity contribution in [2.24, 2.45) is 0 Å². The van der Waals surface area contributed by atoms with Crippen LogP contribution in [0.3, 0.4) is 0 Å². The van der Waals surface area contributed by atoms with Crippen LogP contribution in [0.1, 0.15) is 38.4 Å². The molecule has 104 valence electrons. The van der Waals surface area contributed by atoms with E-state index in [1.54, 1.807) is 12.1 Å². The van der Waals surface area contributed by atoms with E-state index in [2.05, 4.69) is 18.7 Å². The number of rotatable bonds is 7. The van der Waals surface area contributed by atoms with Gasteiger partial charge in [-0.05, 0) is 50.2 Å². The van der Waals surface area contributed by atoms with Crippen LogP contribution in [0, 0.1) is 5.82 Å². The zero-order valence-corrected chi connectivity index (χ0v) is 11.9. The minimum atomic E-state index is -0.480. The first-order valence-corrected chi connectivity index (χ1v) is 6.33. The molecule has 0 heterocycles. The topological polar surface area (TPSA) is 23.5 Å². The molecule has 1 aromatic carbocycles. The minimum Gasteiger partial charge on any atom is -0.388 e. The van der Waals surface area contributed by atoms with Crippen molar-refractivity contribution < 1.29 is 9.50 Å². The lowest BCUT2D eigenvalue weighted by Crippen LogP contribution is -2.24. The first-order chi connectivity index (χ1) is 8.17. The van der Waals surface area contributed by atoms with Crippen molar-refractivity contribution in [3.05, 3.63) is 35.6 Å². The normalized spacial score (nSPS) is 12.3. The van der Waals surface area contributed by atoms with E-state index in [-0.39, 0.29) is 18.2 Å². The molecule has 0 spiro atoms. The largest absolute Gasteiger partial charge is 0.388 e. The van der Waals surface area contributed by atoms with Crippen molar-refractivity contribution >= 4 is 12.4 Å². The molecule has 1 aromatic rings. The second-order valence-electron chi connectivity index (χ2n) is 4.24. The molecule has 0 amide bonds. The van der Waals surface area contributed by atoms with Gasteiger partial charge in [-0.25, -0.2) is 4.39 Å². The Morgan fingerprint density at radius 3 is 2.22 bits per heavy atom. The van der Waals surface area contributed by atoms with Gasteiger partial charge in [-0.3, -0.25) is 0 Å². The molecule has 1 rings (SSSR count). The third-order valence-electron chi connectivity index (χ3n) is 3.10. The molecule has 0 fully saturated rings. The van der Waals surface area contributed by atoms with E-state index >= 15 is 0 Å². The fraction of sp³-hybridized carbons (Fsp3) is 0.571. The first kappa shape index (κ1) is 17.4. The van der Waals surface area contributed by atoms with Crippen molar-refractivity contribution in [2.75, 3.05) is 19.6 Å². The minimum absolute atomic E-state index is 0. The predicted octanol–water partition coefficient (Wildman–Crippen LogP) is 3.40. The van der Waals surface area contributed by atoms with Crippen LogP contribution in [0.15, 0.2) is 24.3 Å². The van der Waals surface area contributed by atoms with E-state index in [4.69, 9.17) is 0 Å². The molecular weight excluding hydrogens is 253 g/mol. The maximum atomic E-state index is 12.7. The zero-order valence-electron chi connectivity index (χ0n) is 11.1. The molecule has 0 saturated heterocycles. The van der Waals surface area contributed by atoms with E-state index in [0.717, 1.165) is 38.0 Å². The monoisotopic (exact) mass is 275 g/mol. The maximum Gasteiger partial charge on any atom is 0.123 e. The van der Waals surface area contributed by atoms with Gasteiger partial charge >= 0.3 is 0 Å². The molecule has 1 N–H and O–H groups in total. The second-order valence-corrected chi connectivity index (χ2v) is 4.24. The Balaban J connectivity index is 0.00000289. The average molecular weight is 276 g/mol. The van der Waals surface area contributed by atoms with Crippen molar-refractivity contribution in [1.82, 2.24) is 4.90 Å². The fourth-order valence-corrected chi connectivity index (χ4v) is 1.90. The molecular formula is C14H23ClFNO. The van der Waals surface area contributed by atoms with Crippen LogP contribution in [-0.4, -0.2) is 29.6 Å². The molecule has 0 bridgehead atoms. The number of nitrogens with zero attached hydrogens (tertiary/aromatic N) is 1. The van der Waals surface area contributed by atoms with E-state index in [9.17, 15) is 9.50 Å². The molecule has 0 aromatic heterocycles. The van der Waals surface area contributed by atoms with Gasteiger partial charge in [0, 0.05) is 0 Å². The summed E-state index contributed by atoms with van der Waals surface area (Å²) in [5, 5.41) is 9.93. The Kier molecular flexibility index (Phi) is 8.98. The number of halogens is 2. The summed E-state index contributed by atoms with van der Waals surface area (Å²) < 4.78 is 12.7. The Hall–Kier alpha value is -0.640. The highest BCUT2D eigenvalue weighted by Crippen LogP contribution is 2.18. The van der Waals surface area contributed by atoms with Gasteiger partial charge in [-0.15, -0.1) is 12.4 Å². The summed E-state index contributed by atoms with van der Waals surface area (Å²) in [7, 11) is 0. The summed E-state index contributed by atoms with van der Waals surface area (Å²) in [5.41, 5.74) is 0.797. The highest BCUT2D eigenvalue weighted by molar-refractivity contribution is 5.85. The fourth-order valence-electron chi connectivity index (χ4n) is 1.90. The molecule has 0 aliphatic rings. The van der Waals surface area contributed by atoms with Crippen molar-refractivity contribution in [2.45, 2.75) is 32.8 Å². The summed E-state index contributed by atoms with van der Waals surface area (Å²) in [5.74, 6) is -0.260. The van der Waals surface area contributed by atoms with Gasteiger partial charge in [0.05, 0.1) is 6.10 Å². The molecule has 4 heteroatoms. The number of aliphatic hydroxyl groups excluding tert-OH is 1. The number of benzene rings is 1. The zero-order chi connectivity index (χ0) is 12.7. The van der Waals surface area contributed by atoms with Crippen LogP contribution in [0.25, 0.3) is 0 Å². The van der Waals surface area contributed by atoms with Gasteiger partial charge in [0.1, 0.15) is 5.82 Å². The van der Waals surface area contributed by atoms with Crippen LogP contribution in [0.2, 0.25) is 0 Å². The van der Waals surface area contributed by atoms with Gasteiger partial charge in [0.15, 0.2) is 0 Å². The molecule has 0 saturated carbocycles. The third-order valence-corrected chi connectivity index (χ3v) is 3.10. The van der Waals surface area contributed by atoms with Crippen LogP contribution < -0.4 is 0 Å². The molecule has 18 heavy (non-hydrogen) atoms. The van der Waals surface area contributed by atoms with Gasteiger partial charge in [0.25, 0.3) is 0 Å². The highest BCUT2D eigenvalue weighted by Gasteiger charge is 2.08. The smallest absolute Gasteiger partial charge is 0.123 e. The van der Waals surface area contributed by atoms with E-state index in [1.165, 1.54) is 12.1 Å². The van der Waals surface area contributed by atoms with E-state index in [0.29, 0.717) is 0 Å². The van der Waals surface area contributed by atoms with Crippen LogP contribution in [0.5, 0.6) is 0 Å². The molecule has 2 nitrogen and oxygen atoms in total. The summed E-state index contributed by atoms with van der Waals surface area (Å²) in [6.45, 7) is 7.37. The summed E-state index contributed by atoms with van der Waals surface area (Å²) >= 11 is 0. The first-order valence-electron chi connectivity index (χ1n) is 6.33. The molecule has 0 aliphatic heterocycles. The highest BCUT2D eigenvalue weighted by atomic mass is 35.5. The van der Waals surface area contributed by atoms with Gasteiger partial charge in [0.2, 0.25) is 0 Å². The lowest BCUT2D eigenvalue weighted by atomic mass is 10.0. The SMILES string of the molecule is CCN(CC)CCCC(O)c1ccc(F)cc1.Cl. The van der Waals surface area contributed by atoms with Crippen molar-refractivity contribution in [1.29, 1.82) is 0 Å². The molecule has 1 atom stereocenters. The van der Waals surface area contributed by atoms with Crippen molar-refractivity contribution in [3.8, 4) is 0 Å². The van der Waals surface area contributed by atoms with Crippen LogP contribution in [0.4, 0.5) is 4.39 Å². The Morgan fingerprint density at radius 2 is 1.72 bits per heavy atom. The quantitative estimate of drug-likeness (QED) is 0.824. The number of hydrogen-bond acceptors (Lipinski definition) is 2. The van der Waals surface area contributed by atoms with Crippen LogP contribution in [-0.2, 0) is 0 Å². The van der Waals surface area contributed by atoms with E-state index < -0.39 is 6.10 Å². The molecule has 0 aliphatic carbocycles. The van der Waals surface area contributed by atoms with Gasteiger partial charge in [-0.2, -0.15) is 0 Å². The predicted molar refractivity (Wildman–Crippen MR) is 75.6 cm³/mol. The van der Waals surface area contributed by atoms with E-state index in [1.807, 2.05) is 0 Å². The van der Waals surface area contributed by atoms with Crippen molar-refractivity contribution in [3.63, 3.8) is 0 Å². The standard InChI is InChI=1S/C14H22FNO.ClH/c1-3-16(4-2)11-5-6-14(17)12-7-9-13(15)10-8-12;/h7-10,14,17H,3-6,11H2,1-2H3;1H. The Morgan fingerprint density at radius 1 is 1.17 bits per heavy atom. The third kappa shape index (κ3) is 5.80. The van der Waals surface area contributed by atoms with Crippen LogP contribution >= 0.6 is 12.4 Å². The summed E-state index contributed by atoms with van der Waals surface area (Å²) in [4.78, 5) is 2.33. The van der Waals surface area contributed by atoms with Gasteiger partial charge in [-0.1, -0.05) is 26.0 Å². The number of hydrogen-bond donors (Lipinski definition) is 1.